The number of rotatable bonds is 2. The Balaban J connectivity index is 1.84. The summed E-state index contributed by atoms with van der Waals surface area (Å²) >= 11 is 0. The fourth-order valence-corrected chi connectivity index (χ4v) is 4.87. The molecule has 2 aliphatic heterocycles. The first-order chi connectivity index (χ1) is 12.3. The van der Waals surface area contributed by atoms with E-state index in [0.29, 0.717) is 17.5 Å². The highest BCUT2D eigenvalue weighted by Gasteiger charge is 2.52. The summed E-state index contributed by atoms with van der Waals surface area (Å²) in [6, 6.07) is 13.7. The first-order valence-corrected chi connectivity index (χ1v) is 9.01. The summed E-state index contributed by atoms with van der Waals surface area (Å²) in [5, 5.41) is 9.91. The monoisotopic (exact) mass is 351 g/mol. The molecule has 5 heteroatoms. The van der Waals surface area contributed by atoms with Crippen LogP contribution in [0.3, 0.4) is 0 Å². The van der Waals surface area contributed by atoms with Gasteiger partial charge in [0.15, 0.2) is 0 Å². The quantitative estimate of drug-likeness (QED) is 0.882. The minimum Gasteiger partial charge on any atom is -0.464 e. The van der Waals surface area contributed by atoms with Crippen LogP contribution in [0.15, 0.2) is 42.5 Å². The fourth-order valence-electron chi connectivity index (χ4n) is 4.87. The zero-order chi connectivity index (χ0) is 18.6. The topological polar surface area (TPSA) is 47.0 Å². The van der Waals surface area contributed by atoms with Gasteiger partial charge in [0.2, 0.25) is 0 Å². The predicted molar refractivity (Wildman–Crippen MR) is 105 cm³/mol. The van der Waals surface area contributed by atoms with E-state index in [1.165, 1.54) is 16.2 Å². The Morgan fingerprint density at radius 1 is 1.23 bits per heavy atom. The first kappa shape index (κ1) is 16.9. The minimum absolute atomic E-state index is 0.0186. The average Bonchev–Trinajstić information content (AvgIpc) is 3.02. The third kappa shape index (κ3) is 2.23. The molecule has 1 N–H and O–H groups in total. The van der Waals surface area contributed by atoms with E-state index in [1.807, 2.05) is 37.3 Å². The van der Waals surface area contributed by atoms with Crippen molar-refractivity contribution in [3.63, 3.8) is 0 Å². The summed E-state index contributed by atoms with van der Waals surface area (Å²) in [4.78, 5) is 18.2. The van der Waals surface area contributed by atoms with Gasteiger partial charge in [0.25, 0.3) is 0 Å². The SMILES string of the molecule is Cc1ccccc1N(C(=O)O)c1ccc2c(c1)C1(C)CCN(C)C1N2C. The Kier molecular flexibility index (Phi) is 3.74. The second kappa shape index (κ2) is 5.74. The summed E-state index contributed by atoms with van der Waals surface area (Å²) in [6.45, 7) is 5.29. The van der Waals surface area contributed by atoms with Gasteiger partial charge in [-0.1, -0.05) is 25.1 Å². The molecule has 2 aliphatic rings. The number of likely N-dealkylation sites (tertiary alicyclic amines) is 1. The third-order valence-electron chi connectivity index (χ3n) is 6.12. The molecule has 1 amide bonds. The summed E-state index contributed by atoms with van der Waals surface area (Å²) in [5.74, 6) is 0. The predicted octanol–water partition coefficient (Wildman–Crippen LogP) is 4.18. The van der Waals surface area contributed by atoms with E-state index in [1.54, 1.807) is 0 Å². The molecule has 5 nitrogen and oxygen atoms in total. The lowest BCUT2D eigenvalue weighted by molar-refractivity contribution is 0.204. The smallest absolute Gasteiger partial charge is 0.416 e. The Bertz CT molecular complexity index is 881. The zero-order valence-electron chi connectivity index (χ0n) is 15.7. The molecule has 0 aromatic heterocycles. The second-order valence-corrected chi connectivity index (χ2v) is 7.74. The van der Waals surface area contributed by atoms with Crippen LogP contribution in [0.1, 0.15) is 24.5 Å². The van der Waals surface area contributed by atoms with Gasteiger partial charge >= 0.3 is 6.09 Å². The van der Waals surface area contributed by atoms with E-state index < -0.39 is 6.09 Å². The van der Waals surface area contributed by atoms with Crippen LogP contribution >= 0.6 is 0 Å². The van der Waals surface area contributed by atoms with Gasteiger partial charge in [-0.3, -0.25) is 4.90 Å². The number of likely N-dealkylation sites (N-methyl/N-ethyl adjacent to an activating group) is 2. The van der Waals surface area contributed by atoms with Gasteiger partial charge in [-0.15, -0.1) is 0 Å². The van der Waals surface area contributed by atoms with E-state index in [2.05, 4.69) is 43.0 Å². The lowest BCUT2D eigenvalue weighted by Crippen LogP contribution is -2.45. The molecular weight excluding hydrogens is 326 g/mol. The van der Waals surface area contributed by atoms with Crippen LogP contribution < -0.4 is 9.80 Å². The molecule has 0 radical (unpaired) electrons. The Morgan fingerprint density at radius 2 is 1.96 bits per heavy atom. The number of carboxylic acid groups (broad SMARTS) is 1. The molecule has 0 saturated carbocycles. The number of benzene rings is 2. The fraction of sp³-hybridized carbons (Fsp3) is 0.381. The number of hydrogen-bond acceptors (Lipinski definition) is 3. The molecule has 26 heavy (non-hydrogen) atoms. The van der Waals surface area contributed by atoms with Crippen molar-refractivity contribution in [2.45, 2.75) is 31.8 Å². The van der Waals surface area contributed by atoms with Crippen molar-refractivity contribution in [2.24, 2.45) is 0 Å². The van der Waals surface area contributed by atoms with Crippen LogP contribution in [0.4, 0.5) is 21.9 Å². The van der Waals surface area contributed by atoms with Crippen molar-refractivity contribution >= 4 is 23.2 Å². The van der Waals surface area contributed by atoms with Crippen molar-refractivity contribution in [2.75, 3.05) is 30.4 Å². The van der Waals surface area contributed by atoms with Gasteiger partial charge in [0.1, 0.15) is 0 Å². The molecule has 2 unspecified atom stereocenters. The van der Waals surface area contributed by atoms with E-state index in [-0.39, 0.29) is 5.41 Å². The molecule has 2 heterocycles. The van der Waals surface area contributed by atoms with E-state index in [9.17, 15) is 9.90 Å². The normalized spacial score (nSPS) is 24.5. The number of aryl methyl sites for hydroxylation is 1. The maximum Gasteiger partial charge on any atom is 0.416 e. The highest BCUT2D eigenvalue weighted by atomic mass is 16.4. The number of carbonyl (C=O) groups is 1. The van der Waals surface area contributed by atoms with Crippen molar-refractivity contribution < 1.29 is 9.90 Å². The highest BCUT2D eigenvalue weighted by molar-refractivity contribution is 5.96. The molecule has 4 rings (SSSR count). The van der Waals surface area contributed by atoms with E-state index in [4.69, 9.17) is 0 Å². The molecule has 2 aromatic carbocycles. The number of fused-ring (bicyclic) bond motifs is 3. The zero-order valence-corrected chi connectivity index (χ0v) is 15.7. The summed E-state index contributed by atoms with van der Waals surface area (Å²) in [5.41, 5.74) is 4.81. The average molecular weight is 351 g/mol. The largest absolute Gasteiger partial charge is 0.464 e. The van der Waals surface area contributed by atoms with Gasteiger partial charge in [0.05, 0.1) is 17.5 Å². The maximum atomic E-state index is 12.1. The molecule has 1 saturated heterocycles. The van der Waals surface area contributed by atoms with Crippen molar-refractivity contribution in [1.29, 1.82) is 0 Å². The molecule has 1 fully saturated rings. The highest BCUT2D eigenvalue weighted by Crippen LogP contribution is 2.52. The van der Waals surface area contributed by atoms with Crippen LogP contribution in [-0.2, 0) is 5.41 Å². The Morgan fingerprint density at radius 3 is 2.65 bits per heavy atom. The summed E-state index contributed by atoms with van der Waals surface area (Å²) in [6.07, 6.45) is 0.437. The summed E-state index contributed by atoms with van der Waals surface area (Å²) < 4.78 is 0. The Hall–Kier alpha value is -2.53. The number of para-hydroxylation sites is 1. The third-order valence-corrected chi connectivity index (χ3v) is 6.12. The number of anilines is 3. The van der Waals surface area contributed by atoms with Gasteiger partial charge < -0.3 is 10.0 Å². The van der Waals surface area contributed by atoms with E-state index in [0.717, 1.165) is 18.5 Å². The second-order valence-electron chi connectivity index (χ2n) is 7.74. The van der Waals surface area contributed by atoms with Crippen LogP contribution in [0.5, 0.6) is 0 Å². The van der Waals surface area contributed by atoms with Gasteiger partial charge in [-0.2, -0.15) is 0 Å². The van der Waals surface area contributed by atoms with Crippen LogP contribution in [-0.4, -0.2) is 42.9 Å². The van der Waals surface area contributed by atoms with Crippen LogP contribution in [0.2, 0.25) is 0 Å². The van der Waals surface area contributed by atoms with Crippen molar-refractivity contribution in [3.8, 4) is 0 Å². The number of hydrogen-bond donors (Lipinski definition) is 1. The number of amides is 1. The van der Waals surface area contributed by atoms with Gasteiger partial charge in [0, 0.05) is 24.7 Å². The summed E-state index contributed by atoms with van der Waals surface area (Å²) in [7, 11) is 4.29. The first-order valence-electron chi connectivity index (χ1n) is 9.01. The molecular formula is C21H25N3O2. The molecule has 0 aliphatic carbocycles. The van der Waals surface area contributed by atoms with Crippen LogP contribution in [0, 0.1) is 6.92 Å². The standard InChI is InChI=1S/C21H25N3O2/c1-14-7-5-6-8-17(14)24(20(25)26)15-9-10-18-16(13-15)21(2)11-12-22(3)19(21)23(18)4/h5-10,13,19H,11-12H2,1-4H3,(H,25,26). The van der Waals surface area contributed by atoms with E-state index >= 15 is 0 Å². The van der Waals surface area contributed by atoms with Crippen molar-refractivity contribution in [3.05, 3.63) is 53.6 Å². The minimum atomic E-state index is -0.962. The lowest BCUT2D eigenvalue weighted by Gasteiger charge is -2.32. The Labute approximate surface area is 154 Å². The molecule has 2 aromatic rings. The lowest BCUT2D eigenvalue weighted by atomic mass is 9.81. The molecule has 136 valence electrons. The molecule has 0 bridgehead atoms. The maximum absolute atomic E-state index is 12.1. The molecule has 2 atom stereocenters. The van der Waals surface area contributed by atoms with Crippen molar-refractivity contribution in [1.82, 2.24) is 4.90 Å². The molecule has 0 spiro atoms. The number of nitrogens with zero attached hydrogens (tertiary/aromatic N) is 3. The van der Waals surface area contributed by atoms with Crippen LogP contribution in [0.25, 0.3) is 0 Å². The van der Waals surface area contributed by atoms with Gasteiger partial charge in [-0.25, -0.2) is 9.69 Å². The van der Waals surface area contributed by atoms with Gasteiger partial charge in [-0.05, 0) is 55.8 Å².